The molecule has 27 nitrogen and oxygen atoms in total. The van der Waals surface area contributed by atoms with Crippen molar-refractivity contribution in [1.82, 2.24) is 0 Å². The fourth-order valence-electron chi connectivity index (χ4n) is 15.8. The molecule has 0 aliphatic heterocycles. The van der Waals surface area contributed by atoms with Crippen LogP contribution in [0.1, 0.15) is 116 Å². The van der Waals surface area contributed by atoms with Gasteiger partial charge in [-0.2, -0.15) is 0 Å². The molecule has 0 N–H and O–H groups in total. The van der Waals surface area contributed by atoms with E-state index in [1.165, 1.54) is 25.7 Å². The van der Waals surface area contributed by atoms with Gasteiger partial charge in [0.1, 0.15) is 13.2 Å². The first-order valence-electron chi connectivity index (χ1n) is 42.2. The summed E-state index contributed by atoms with van der Waals surface area (Å²) in [5, 5.41) is 0. The molecule has 0 unspecified atom stereocenters. The number of unbranched alkanes of at least 4 members (excludes halogenated alkanes) is 14. The molecule has 115 heavy (non-hydrogen) atoms. The number of esters is 2. The van der Waals surface area contributed by atoms with Gasteiger partial charge in [-0.1, -0.05) is 77.0 Å². The molecule has 0 aliphatic carbocycles. The van der Waals surface area contributed by atoms with E-state index in [2.05, 4.69) is 262 Å². The van der Waals surface area contributed by atoms with Crippen molar-refractivity contribution in [2.45, 2.75) is 377 Å². The Kier molecular flexibility index (Phi) is 50.2. The van der Waals surface area contributed by atoms with Crippen molar-refractivity contribution in [2.24, 2.45) is 0 Å². The molecule has 0 rings (SSSR count). The zero-order valence-electron chi connectivity index (χ0n) is 81.0. The number of carbonyl (C=O) groups is 2. The van der Waals surface area contributed by atoms with Crippen molar-refractivity contribution in [3.63, 3.8) is 0 Å². The Labute approximate surface area is 724 Å². The maximum Gasteiger partial charge on any atom is 0.322 e. The van der Waals surface area contributed by atoms with Crippen molar-refractivity contribution in [3.8, 4) is 0 Å². The van der Waals surface area contributed by atoms with Gasteiger partial charge < -0.3 is 106 Å². The van der Waals surface area contributed by atoms with Gasteiger partial charge in [-0.3, -0.25) is 9.59 Å². The Morgan fingerprint density at radius 3 is 0.417 bits per heavy atom. The van der Waals surface area contributed by atoms with Crippen molar-refractivity contribution in [3.05, 3.63) is 0 Å². The SMILES string of the molecule is COCCOC(=O)CCCCCCCCCCO[Si](C)(C)O[Si](C)(C)O[Si](C)(C)O[Si](C)(C)O[Si](C)(C)O[Si](C)(C)O[Si](C)(C)O[Si](C)(C)O[Si](C)(C)O[Si](C)(C)O[Si](C)(C)O[Si](C)(C)O[Si](C)(C)O[Si](C)(C)O[Si](C)(C)O[Si](C)(C)O[Si](C)(C)O[Si](C)(C)O[Si](C)(C)O[Si](C)(C)OCCCCCCCCCCC(=O)OCCOC. The minimum atomic E-state index is -2.91. The molecule has 0 heterocycles. The first-order chi connectivity index (χ1) is 51.3. The molecule has 0 aromatic heterocycles. The summed E-state index contributed by atoms with van der Waals surface area (Å²) in [5.41, 5.74) is 0. The number of ether oxygens (including phenoxy) is 4. The van der Waals surface area contributed by atoms with E-state index in [0.29, 0.717) is 52.5 Å². The molecule has 0 aromatic rings. The predicted molar refractivity (Wildman–Crippen MR) is 511 cm³/mol. The smallest absolute Gasteiger partial charge is 0.322 e. The van der Waals surface area contributed by atoms with E-state index >= 15 is 0 Å². The highest BCUT2D eigenvalue weighted by Crippen LogP contribution is 2.36. The van der Waals surface area contributed by atoms with Crippen molar-refractivity contribution >= 4 is 183 Å². The lowest BCUT2D eigenvalue weighted by Crippen LogP contribution is -2.63. The zero-order valence-corrected chi connectivity index (χ0v) is 101. The van der Waals surface area contributed by atoms with Gasteiger partial charge in [-0.05, 0) is 288 Å². The molecule has 0 bridgehead atoms. The highest BCUT2D eigenvalue weighted by atomic mass is 28.6. The van der Waals surface area contributed by atoms with Gasteiger partial charge in [0.05, 0.1) is 13.2 Å². The quantitative estimate of drug-likeness (QED) is 0.0311. The van der Waals surface area contributed by atoms with Crippen LogP contribution in [-0.4, -0.2) is 237 Å². The van der Waals surface area contributed by atoms with Crippen LogP contribution in [0.2, 0.25) is 262 Å². The third kappa shape index (κ3) is 62.2. The molecule has 0 atom stereocenters. The van der Waals surface area contributed by atoms with E-state index < -0.39 is 171 Å². The fourth-order valence-corrected chi connectivity index (χ4v) is 117. The number of hydrogen-bond acceptors (Lipinski definition) is 27. The Balaban J connectivity index is 5.50. The van der Waals surface area contributed by atoms with Crippen LogP contribution >= 0.6 is 0 Å². The van der Waals surface area contributed by atoms with Crippen LogP contribution in [0, 0.1) is 0 Å². The molecule has 47 heteroatoms. The van der Waals surface area contributed by atoms with E-state index in [1.807, 2.05) is 0 Å². The monoisotopic (exact) mass is 1980 g/mol. The molecule has 0 saturated heterocycles. The maximum atomic E-state index is 11.8. The Morgan fingerprint density at radius 1 is 0.157 bits per heavy atom. The number of rotatable bonds is 68. The van der Waals surface area contributed by atoms with Crippen LogP contribution in [0.15, 0.2) is 0 Å². The van der Waals surface area contributed by atoms with E-state index in [0.717, 1.165) is 77.0 Å². The normalized spacial score (nSPS) is 14.8. The Morgan fingerprint density at radius 2 is 0.278 bits per heavy atom. The molecule has 0 fully saturated rings. The van der Waals surface area contributed by atoms with E-state index in [4.69, 9.17) is 106 Å². The van der Waals surface area contributed by atoms with E-state index in [9.17, 15) is 9.59 Å². The largest absolute Gasteiger partial charge is 0.463 e. The first-order valence-corrected chi connectivity index (χ1v) is 98.6. The summed E-state index contributed by atoms with van der Waals surface area (Å²) in [6, 6.07) is 0. The predicted octanol–water partition coefficient (Wildman–Crippen LogP) is 20.8. The topological polar surface area (TPSA) is 265 Å². The third-order valence-electron chi connectivity index (χ3n) is 15.9. The van der Waals surface area contributed by atoms with Gasteiger partial charge in [0.25, 0.3) is 0 Å². The zero-order chi connectivity index (χ0) is 89.8. The van der Waals surface area contributed by atoms with Crippen LogP contribution in [0.5, 0.6) is 0 Å². The number of carbonyl (C=O) groups excluding carboxylic acids is 2. The summed E-state index contributed by atoms with van der Waals surface area (Å²) >= 11 is 0. The average Bonchev–Trinajstić information content (AvgIpc) is 0.804. The molecular weight excluding hydrogens is 1810 g/mol. The Hall–Kier alpha value is 2.36. The summed E-state index contributed by atoms with van der Waals surface area (Å²) in [5.74, 6) is -0.283. The van der Waals surface area contributed by atoms with Crippen molar-refractivity contribution in [1.29, 1.82) is 0 Å². The summed E-state index contributed by atoms with van der Waals surface area (Å²) < 4.78 is 165. The van der Waals surface area contributed by atoms with Gasteiger partial charge in [0.2, 0.25) is 0 Å². The summed E-state index contributed by atoms with van der Waals surface area (Å²) in [7, 11) is -53.2. The van der Waals surface area contributed by atoms with Gasteiger partial charge in [0, 0.05) is 40.3 Å². The standard InChI is InChI=1S/C68H174O27Si20/c1-71-63-65-73-67(69)59-55-51-47-43-45-49-53-57-61-75-96(3,4)77-98(7,8)79-100(11,12)81-102(15,16)83-104(19,20)85-106(23,24)87-108(27,28)89-110(31,32)91-112(35,36)93-114(39,40)95-115(41,42)94-113(37,38)92-111(33,34)90-109(29,30)88-107(25,26)86-105(21,22)84-103(17,18)82-101(13,14)80-99(9,10)78-97(5,6)76-62-58-54-50-46-44-48-52-56-60-68(70)74-66-64-72-2/h43-66H2,1-42H3. The lowest BCUT2D eigenvalue weighted by atomic mass is 10.1. The highest BCUT2D eigenvalue weighted by molar-refractivity contribution is 6.96. The van der Waals surface area contributed by atoms with Crippen molar-refractivity contribution in [2.75, 3.05) is 53.9 Å². The highest BCUT2D eigenvalue weighted by Gasteiger charge is 2.55. The minimum absolute atomic E-state index is 0.141. The van der Waals surface area contributed by atoms with Crippen LogP contribution in [-0.2, 0) is 116 Å². The fraction of sp³-hybridized carbons (Fsp3) is 0.971. The summed E-state index contributed by atoms with van der Waals surface area (Å²) in [4.78, 5) is 23.6. The van der Waals surface area contributed by atoms with Gasteiger partial charge in [-0.15, -0.1) is 0 Å². The van der Waals surface area contributed by atoms with Crippen LogP contribution < -0.4 is 0 Å². The van der Waals surface area contributed by atoms with E-state index in [-0.39, 0.29) is 11.9 Å². The molecular formula is C68H174O27Si20. The van der Waals surface area contributed by atoms with Crippen LogP contribution in [0.4, 0.5) is 0 Å². The average molecular weight is 1990 g/mol. The lowest BCUT2D eigenvalue weighted by Gasteiger charge is -2.45. The molecule has 0 saturated carbocycles. The summed E-state index contributed by atoms with van der Waals surface area (Å²) in [6.07, 6.45) is 18.2. The number of hydrogen-bond donors (Lipinski definition) is 0. The van der Waals surface area contributed by atoms with Gasteiger partial charge >= 0.3 is 183 Å². The third-order valence-corrected chi connectivity index (χ3v) is 92.4. The Bertz CT molecular complexity index is 2610. The molecule has 0 spiro atoms. The minimum Gasteiger partial charge on any atom is -0.463 e. The van der Waals surface area contributed by atoms with E-state index in [1.54, 1.807) is 14.2 Å². The van der Waals surface area contributed by atoms with Crippen molar-refractivity contribution < 1.29 is 116 Å². The van der Waals surface area contributed by atoms with Gasteiger partial charge in [0.15, 0.2) is 0 Å². The molecule has 0 radical (unpaired) electrons. The second-order valence-electron chi connectivity index (χ2n) is 39.2. The first kappa shape index (κ1) is 117. The van der Waals surface area contributed by atoms with Gasteiger partial charge in [-0.25, -0.2) is 0 Å². The lowest BCUT2D eigenvalue weighted by molar-refractivity contribution is -0.145. The molecule has 0 amide bonds. The molecule has 0 aromatic carbocycles. The van der Waals surface area contributed by atoms with Crippen LogP contribution in [0.3, 0.4) is 0 Å². The molecule has 0 aliphatic rings. The molecule has 688 valence electrons. The second-order valence-corrected chi connectivity index (χ2v) is 111. The summed E-state index contributed by atoms with van der Waals surface area (Å²) in [6.45, 7) is 85.4. The second kappa shape index (κ2) is 49.2. The maximum absolute atomic E-state index is 11.8. The number of methoxy groups -OCH3 is 2. The van der Waals surface area contributed by atoms with Crippen LogP contribution in [0.25, 0.3) is 0 Å².